The maximum atomic E-state index is 11.6. The van der Waals surface area contributed by atoms with Crippen molar-refractivity contribution in [3.8, 4) is 0 Å². The van der Waals surface area contributed by atoms with Crippen molar-refractivity contribution in [1.29, 1.82) is 0 Å². The van der Waals surface area contributed by atoms with Crippen molar-refractivity contribution in [1.82, 2.24) is 10.3 Å². The molecule has 0 saturated carbocycles. The molecule has 0 aliphatic heterocycles. The fourth-order valence-corrected chi connectivity index (χ4v) is 2.01. The van der Waals surface area contributed by atoms with Crippen LogP contribution in [0.25, 0.3) is 0 Å². The molecular formula is C11H13ClN2O2S. The number of hydrogen-bond acceptors (Lipinski definition) is 4. The van der Waals surface area contributed by atoms with E-state index in [4.69, 9.17) is 11.6 Å². The van der Waals surface area contributed by atoms with Gasteiger partial charge in [0.1, 0.15) is 5.15 Å². The minimum atomic E-state index is -0.455. The molecular weight excluding hydrogens is 260 g/mol. The van der Waals surface area contributed by atoms with E-state index >= 15 is 0 Å². The molecule has 0 unspecified atom stereocenters. The summed E-state index contributed by atoms with van der Waals surface area (Å²) in [6, 6.07) is 2.92. The number of thioether (sulfide) groups is 1. The highest BCUT2D eigenvalue weighted by Crippen LogP contribution is 2.09. The quantitative estimate of drug-likeness (QED) is 0.676. The monoisotopic (exact) mass is 272 g/mol. The molecule has 1 rings (SSSR count). The number of amides is 2. The first kappa shape index (κ1) is 14.0. The van der Waals surface area contributed by atoms with E-state index in [0.717, 1.165) is 24.6 Å². The predicted molar refractivity (Wildman–Crippen MR) is 69.5 cm³/mol. The normalized spacial score (nSPS) is 10.0. The summed E-state index contributed by atoms with van der Waals surface area (Å²) < 4.78 is 0. The smallest absolute Gasteiger partial charge is 0.283 e. The summed E-state index contributed by atoms with van der Waals surface area (Å²) in [5.74, 6) is 0.260. The van der Waals surface area contributed by atoms with Crippen LogP contribution >= 0.6 is 23.4 Å². The van der Waals surface area contributed by atoms with Crippen molar-refractivity contribution in [3.63, 3.8) is 0 Å². The van der Waals surface area contributed by atoms with E-state index in [1.165, 1.54) is 18.3 Å². The number of imide groups is 1. The number of rotatable bonds is 4. The molecule has 1 N–H and O–H groups in total. The van der Waals surface area contributed by atoms with E-state index in [1.54, 1.807) is 0 Å². The molecule has 0 saturated heterocycles. The molecule has 92 valence electrons. The van der Waals surface area contributed by atoms with Crippen molar-refractivity contribution < 1.29 is 9.59 Å². The maximum Gasteiger partial charge on any atom is 0.285 e. The molecule has 0 atom stereocenters. The molecule has 0 aliphatic rings. The van der Waals surface area contributed by atoms with Crippen LogP contribution in [0.1, 0.15) is 30.1 Å². The molecule has 1 heterocycles. The summed E-state index contributed by atoms with van der Waals surface area (Å²) in [7, 11) is 0. The van der Waals surface area contributed by atoms with Gasteiger partial charge in [-0.25, -0.2) is 4.98 Å². The van der Waals surface area contributed by atoms with Gasteiger partial charge in [0.25, 0.3) is 11.1 Å². The minimum Gasteiger partial charge on any atom is -0.283 e. The first-order chi connectivity index (χ1) is 8.13. The van der Waals surface area contributed by atoms with E-state index in [2.05, 4.69) is 10.3 Å². The van der Waals surface area contributed by atoms with E-state index in [0.29, 0.717) is 11.3 Å². The van der Waals surface area contributed by atoms with Gasteiger partial charge in [0.15, 0.2) is 0 Å². The number of halogens is 1. The van der Waals surface area contributed by atoms with Crippen molar-refractivity contribution in [2.75, 3.05) is 5.75 Å². The van der Waals surface area contributed by atoms with Gasteiger partial charge in [-0.15, -0.1) is 0 Å². The van der Waals surface area contributed by atoms with Crippen LogP contribution in [0.3, 0.4) is 0 Å². The second-order valence-electron chi connectivity index (χ2n) is 3.31. The highest BCUT2D eigenvalue weighted by molar-refractivity contribution is 8.13. The fraction of sp³-hybridized carbons (Fsp3) is 0.364. The zero-order valence-corrected chi connectivity index (χ0v) is 11.0. The Morgan fingerprint density at radius 3 is 2.94 bits per heavy atom. The van der Waals surface area contributed by atoms with Crippen LogP contribution in [0, 0.1) is 0 Å². The van der Waals surface area contributed by atoms with Crippen LogP contribution in [0.2, 0.25) is 5.15 Å². The van der Waals surface area contributed by atoms with E-state index in [9.17, 15) is 9.59 Å². The zero-order valence-electron chi connectivity index (χ0n) is 9.40. The number of carbonyl (C=O) groups excluding carboxylic acids is 2. The minimum absolute atomic E-state index is 0.226. The molecule has 6 heteroatoms. The van der Waals surface area contributed by atoms with Crippen LogP contribution in [-0.4, -0.2) is 21.9 Å². The van der Waals surface area contributed by atoms with Crippen molar-refractivity contribution in [2.45, 2.75) is 19.8 Å². The molecule has 1 aromatic heterocycles. The second kappa shape index (κ2) is 7.29. The Labute approximate surface area is 109 Å². The van der Waals surface area contributed by atoms with Gasteiger partial charge >= 0.3 is 0 Å². The molecule has 0 radical (unpaired) electrons. The second-order valence-corrected chi connectivity index (χ2v) is 4.77. The van der Waals surface area contributed by atoms with Crippen LogP contribution in [0.5, 0.6) is 0 Å². The summed E-state index contributed by atoms with van der Waals surface area (Å²) in [6.07, 6.45) is 3.40. The third-order valence-electron chi connectivity index (χ3n) is 1.94. The van der Waals surface area contributed by atoms with Gasteiger partial charge in [0.2, 0.25) is 0 Å². The van der Waals surface area contributed by atoms with Gasteiger partial charge in [-0.3, -0.25) is 14.9 Å². The number of nitrogens with one attached hydrogen (secondary N) is 1. The Kier molecular flexibility index (Phi) is 6.00. The Hall–Kier alpha value is -1.07. The molecule has 0 fully saturated rings. The van der Waals surface area contributed by atoms with E-state index < -0.39 is 5.91 Å². The summed E-state index contributed by atoms with van der Waals surface area (Å²) in [5.41, 5.74) is 0.328. The van der Waals surface area contributed by atoms with E-state index in [-0.39, 0.29) is 10.4 Å². The van der Waals surface area contributed by atoms with Gasteiger partial charge in [-0.1, -0.05) is 36.7 Å². The van der Waals surface area contributed by atoms with E-state index in [1.807, 2.05) is 6.92 Å². The first-order valence-electron chi connectivity index (χ1n) is 5.23. The Bertz CT molecular complexity index is 412. The number of unbranched alkanes of at least 4 members (excludes halogenated alkanes) is 1. The third-order valence-corrected chi connectivity index (χ3v) is 3.00. The lowest BCUT2D eigenvalue weighted by Crippen LogP contribution is -2.27. The van der Waals surface area contributed by atoms with Crippen molar-refractivity contribution in [3.05, 3.63) is 29.0 Å². The number of nitrogens with zero attached hydrogens (tertiary/aromatic N) is 1. The maximum absolute atomic E-state index is 11.6. The molecule has 0 bridgehead atoms. The van der Waals surface area contributed by atoms with Gasteiger partial charge in [-0.05, 0) is 18.6 Å². The molecule has 0 aliphatic carbocycles. The molecule has 17 heavy (non-hydrogen) atoms. The molecule has 0 aromatic carbocycles. The fourth-order valence-electron chi connectivity index (χ4n) is 1.05. The first-order valence-corrected chi connectivity index (χ1v) is 6.59. The summed E-state index contributed by atoms with van der Waals surface area (Å²) in [4.78, 5) is 26.7. The van der Waals surface area contributed by atoms with Gasteiger partial charge < -0.3 is 0 Å². The molecule has 4 nitrogen and oxygen atoms in total. The predicted octanol–water partition coefficient (Wildman–Crippen LogP) is 3.12. The lowest BCUT2D eigenvalue weighted by molar-refractivity contribution is 0.0969. The Balaban J connectivity index is 2.46. The lowest BCUT2D eigenvalue weighted by atomic mass is 10.2. The number of pyridine rings is 1. The lowest BCUT2D eigenvalue weighted by Gasteiger charge is -2.03. The number of aromatic nitrogens is 1. The third kappa shape index (κ3) is 5.19. The van der Waals surface area contributed by atoms with Crippen LogP contribution < -0.4 is 5.32 Å². The molecule has 0 spiro atoms. The summed E-state index contributed by atoms with van der Waals surface area (Å²) in [5, 5.41) is 2.17. The average molecular weight is 273 g/mol. The van der Waals surface area contributed by atoms with Crippen molar-refractivity contribution in [2.24, 2.45) is 0 Å². The molecule has 1 aromatic rings. The highest BCUT2D eigenvalue weighted by atomic mass is 35.5. The zero-order chi connectivity index (χ0) is 12.7. The van der Waals surface area contributed by atoms with Gasteiger partial charge in [0, 0.05) is 17.5 Å². The highest BCUT2D eigenvalue weighted by Gasteiger charge is 2.10. The standard InChI is InChI=1S/C11H13ClN2O2S/c1-2-3-6-17-11(16)14-10(15)8-4-5-13-9(12)7-8/h4-5,7H,2-3,6H2,1H3,(H,14,15,16). The van der Waals surface area contributed by atoms with Crippen LogP contribution in [-0.2, 0) is 0 Å². The van der Waals surface area contributed by atoms with Gasteiger partial charge in [0.05, 0.1) is 0 Å². The van der Waals surface area contributed by atoms with Crippen molar-refractivity contribution >= 4 is 34.5 Å². The summed E-state index contributed by atoms with van der Waals surface area (Å²) >= 11 is 6.76. The van der Waals surface area contributed by atoms with Gasteiger partial charge in [-0.2, -0.15) is 0 Å². The average Bonchev–Trinajstić information content (AvgIpc) is 2.29. The topological polar surface area (TPSA) is 59.1 Å². The SMILES string of the molecule is CCCCSC(=O)NC(=O)c1ccnc(Cl)c1. The Morgan fingerprint density at radius 2 is 2.29 bits per heavy atom. The van der Waals surface area contributed by atoms with Crippen LogP contribution in [0.15, 0.2) is 18.3 Å². The van der Waals surface area contributed by atoms with Crippen LogP contribution in [0.4, 0.5) is 4.79 Å². The largest absolute Gasteiger partial charge is 0.285 e. The summed E-state index contributed by atoms with van der Waals surface area (Å²) in [6.45, 7) is 2.04. The Morgan fingerprint density at radius 1 is 1.53 bits per heavy atom. The number of hydrogen-bond donors (Lipinski definition) is 1. The molecule has 2 amide bonds. The number of carbonyl (C=O) groups is 2.